The third-order valence-corrected chi connectivity index (χ3v) is 3.75. The number of hydrogen-bond donors (Lipinski definition) is 1. The van der Waals surface area contributed by atoms with Gasteiger partial charge < -0.3 is 14.9 Å². The van der Waals surface area contributed by atoms with E-state index in [0.29, 0.717) is 6.54 Å². The molecule has 0 saturated heterocycles. The van der Waals surface area contributed by atoms with Crippen molar-refractivity contribution in [3.63, 3.8) is 0 Å². The van der Waals surface area contributed by atoms with E-state index in [1.165, 1.54) is 0 Å². The molecule has 1 aromatic carbocycles. The molecule has 1 N–H and O–H groups in total. The number of fused-ring (bicyclic) bond motifs is 1. The van der Waals surface area contributed by atoms with Crippen molar-refractivity contribution in [3.05, 3.63) is 22.7 Å². The highest BCUT2D eigenvalue weighted by molar-refractivity contribution is 9.10. The van der Waals surface area contributed by atoms with Crippen molar-refractivity contribution in [2.45, 2.75) is 6.92 Å². The summed E-state index contributed by atoms with van der Waals surface area (Å²) in [5, 5.41) is 8.99. The SMILES string of the molecule is CC(CN1CC(=O)N(C)c2cc(Br)ccc21)C(=O)O. The second-order valence-corrected chi connectivity index (χ2v) is 5.62. The zero-order valence-corrected chi connectivity index (χ0v) is 12.3. The molecule has 1 unspecified atom stereocenters. The van der Waals surface area contributed by atoms with Crippen LogP contribution in [-0.2, 0) is 9.59 Å². The molecule has 5 nitrogen and oxygen atoms in total. The van der Waals surface area contributed by atoms with Gasteiger partial charge in [0.15, 0.2) is 0 Å². The van der Waals surface area contributed by atoms with Gasteiger partial charge in [-0.05, 0) is 18.2 Å². The smallest absolute Gasteiger partial charge is 0.308 e. The summed E-state index contributed by atoms with van der Waals surface area (Å²) in [6.07, 6.45) is 0. The molecule has 1 aromatic rings. The largest absolute Gasteiger partial charge is 0.481 e. The van der Waals surface area contributed by atoms with Crippen LogP contribution in [0.25, 0.3) is 0 Å². The first-order valence-corrected chi connectivity index (χ1v) is 6.73. The number of carboxylic acids is 1. The number of likely N-dealkylation sites (N-methyl/N-ethyl adjacent to an activating group) is 1. The van der Waals surface area contributed by atoms with Gasteiger partial charge in [-0.25, -0.2) is 0 Å². The van der Waals surface area contributed by atoms with E-state index < -0.39 is 11.9 Å². The highest BCUT2D eigenvalue weighted by Crippen LogP contribution is 2.35. The van der Waals surface area contributed by atoms with E-state index >= 15 is 0 Å². The lowest BCUT2D eigenvalue weighted by atomic mass is 10.1. The molecule has 0 bridgehead atoms. The average Bonchev–Trinajstić information content (AvgIpc) is 2.35. The number of anilines is 2. The second kappa shape index (κ2) is 5.21. The van der Waals surface area contributed by atoms with Crippen LogP contribution in [0.3, 0.4) is 0 Å². The fourth-order valence-electron chi connectivity index (χ4n) is 2.09. The minimum Gasteiger partial charge on any atom is -0.481 e. The van der Waals surface area contributed by atoms with Crippen LogP contribution in [0.2, 0.25) is 0 Å². The molecule has 6 heteroatoms. The van der Waals surface area contributed by atoms with Crippen molar-refractivity contribution in [1.29, 1.82) is 0 Å². The fraction of sp³-hybridized carbons (Fsp3) is 0.385. The van der Waals surface area contributed by atoms with Gasteiger partial charge in [-0.2, -0.15) is 0 Å². The molecule has 0 saturated carbocycles. The number of carbonyl (C=O) groups is 2. The summed E-state index contributed by atoms with van der Waals surface area (Å²) in [4.78, 5) is 26.3. The van der Waals surface area contributed by atoms with Gasteiger partial charge in [0.05, 0.1) is 23.8 Å². The van der Waals surface area contributed by atoms with Crippen LogP contribution in [0, 0.1) is 5.92 Å². The molecule has 1 aliphatic heterocycles. The fourth-order valence-corrected chi connectivity index (χ4v) is 2.44. The van der Waals surface area contributed by atoms with Crippen molar-refractivity contribution in [2.24, 2.45) is 5.92 Å². The molecule has 0 aliphatic carbocycles. The van der Waals surface area contributed by atoms with Crippen molar-refractivity contribution in [2.75, 3.05) is 29.9 Å². The predicted molar refractivity (Wildman–Crippen MR) is 76.6 cm³/mol. The topological polar surface area (TPSA) is 60.9 Å². The summed E-state index contributed by atoms with van der Waals surface area (Å²) in [5.74, 6) is -1.42. The molecular weight excluding hydrogens is 312 g/mol. The third-order valence-electron chi connectivity index (χ3n) is 3.26. The van der Waals surface area contributed by atoms with Crippen molar-refractivity contribution >= 4 is 39.2 Å². The molecule has 1 amide bonds. The number of amides is 1. The summed E-state index contributed by atoms with van der Waals surface area (Å²) in [5.41, 5.74) is 1.68. The van der Waals surface area contributed by atoms with E-state index in [4.69, 9.17) is 5.11 Å². The molecule has 2 rings (SSSR count). The highest BCUT2D eigenvalue weighted by atomic mass is 79.9. The van der Waals surface area contributed by atoms with E-state index in [0.717, 1.165) is 15.8 Å². The van der Waals surface area contributed by atoms with Crippen LogP contribution in [0.5, 0.6) is 0 Å². The molecule has 0 radical (unpaired) electrons. The van der Waals surface area contributed by atoms with Crippen molar-refractivity contribution in [3.8, 4) is 0 Å². The Morgan fingerprint density at radius 2 is 2.16 bits per heavy atom. The summed E-state index contributed by atoms with van der Waals surface area (Å²) in [7, 11) is 1.73. The van der Waals surface area contributed by atoms with Gasteiger partial charge in [0, 0.05) is 18.1 Å². The third kappa shape index (κ3) is 2.73. The van der Waals surface area contributed by atoms with Gasteiger partial charge in [0.25, 0.3) is 0 Å². The van der Waals surface area contributed by atoms with Gasteiger partial charge >= 0.3 is 5.97 Å². The molecule has 0 spiro atoms. The first-order valence-electron chi connectivity index (χ1n) is 5.94. The lowest BCUT2D eigenvalue weighted by Crippen LogP contribution is -2.46. The Balaban J connectivity index is 2.35. The molecule has 0 aromatic heterocycles. The molecular formula is C13H15BrN2O3. The standard InChI is InChI=1S/C13H15BrN2O3/c1-8(13(18)19)6-16-7-12(17)15(2)11-5-9(14)3-4-10(11)16/h3-5,8H,6-7H2,1-2H3,(H,18,19). The second-order valence-electron chi connectivity index (χ2n) is 4.71. The number of aliphatic carboxylic acids is 1. The Morgan fingerprint density at radius 1 is 1.47 bits per heavy atom. The van der Waals surface area contributed by atoms with Gasteiger partial charge in [0.2, 0.25) is 5.91 Å². The normalized spacial score (nSPS) is 16.3. The summed E-state index contributed by atoms with van der Waals surface area (Å²) in [6.45, 7) is 2.18. The molecule has 1 aliphatic rings. The summed E-state index contributed by atoms with van der Waals surface area (Å²) < 4.78 is 0.888. The van der Waals surface area contributed by atoms with E-state index in [-0.39, 0.29) is 12.5 Å². The molecule has 1 atom stereocenters. The Bertz CT molecular complexity index is 533. The predicted octanol–water partition coefficient (Wildman–Crippen LogP) is 1.95. The van der Waals surface area contributed by atoms with Crippen molar-refractivity contribution in [1.82, 2.24) is 0 Å². The number of hydrogen-bond acceptors (Lipinski definition) is 3. The minimum atomic E-state index is -0.856. The summed E-state index contributed by atoms with van der Waals surface area (Å²) >= 11 is 3.38. The first kappa shape index (κ1) is 13.9. The molecule has 1 heterocycles. The maximum absolute atomic E-state index is 12.0. The van der Waals surface area contributed by atoms with Crippen molar-refractivity contribution < 1.29 is 14.7 Å². The lowest BCUT2D eigenvalue weighted by molar-refractivity contribution is -0.140. The minimum absolute atomic E-state index is 0.0387. The van der Waals surface area contributed by atoms with Gasteiger partial charge in [-0.1, -0.05) is 22.9 Å². The Kier molecular flexibility index (Phi) is 3.80. The van der Waals surface area contributed by atoms with E-state index in [2.05, 4.69) is 15.9 Å². The van der Waals surface area contributed by atoms with Gasteiger partial charge in [-0.15, -0.1) is 0 Å². The van der Waals surface area contributed by atoms with Crippen LogP contribution in [0.15, 0.2) is 22.7 Å². The number of halogens is 1. The van der Waals surface area contributed by atoms with Crippen LogP contribution in [0.1, 0.15) is 6.92 Å². The number of benzene rings is 1. The molecule has 0 fully saturated rings. The van der Waals surface area contributed by atoms with Gasteiger partial charge in [-0.3, -0.25) is 9.59 Å². The number of nitrogens with zero attached hydrogens (tertiary/aromatic N) is 2. The van der Waals surface area contributed by atoms with Crippen LogP contribution in [-0.4, -0.2) is 37.1 Å². The summed E-state index contributed by atoms with van der Waals surface area (Å²) in [6, 6.07) is 5.66. The Morgan fingerprint density at radius 3 is 2.79 bits per heavy atom. The maximum atomic E-state index is 12.0. The van der Waals surface area contributed by atoms with E-state index in [1.807, 2.05) is 23.1 Å². The molecule has 19 heavy (non-hydrogen) atoms. The number of carbonyl (C=O) groups excluding carboxylic acids is 1. The Hall–Kier alpha value is -1.56. The van der Waals surface area contributed by atoms with E-state index in [1.54, 1.807) is 18.9 Å². The molecule has 102 valence electrons. The van der Waals surface area contributed by atoms with Crippen LogP contribution >= 0.6 is 15.9 Å². The van der Waals surface area contributed by atoms with Crippen LogP contribution in [0.4, 0.5) is 11.4 Å². The Labute approximate surface area is 119 Å². The van der Waals surface area contributed by atoms with E-state index in [9.17, 15) is 9.59 Å². The zero-order chi connectivity index (χ0) is 14.2. The highest BCUT2D eigenvalue weighted by Gasteiger charge is 2.28. The zero-order valence-electron chi connectivity index (χ0n) is 10.8. The first-order chi connectivity index (χ1) is 8.90. The number of rotatable bonds is 3. The average molecular weight is 327 g/mol. The quantitative estimate of drug-likeness (QED) is 0.922. The van der Waals surface area contributed by atoms with Gasteiger partial charge in [0.1, 0.15) is 0 Å². The lowest BCUT2D eigenvalue weighted by Gasteiger charge is -2.36. The number of carboxylic acid groups (broad SMARTS) is 1. The monoisotopic (exact) mass is 326 g/mol. The maximum Gasteiger partial charge on any atom is 0.308 e. The van der Waals surface area contributed by atoms with Crippen LogP contribution < -0.4 is 9.80 Å².